The van der Waals surface area contributed by atoms with Crippen molar-refractivity contribution in [3.8, 4) is 0 Å². The van der Waals surface area contributed by atoms with Crippen molar-refractivity contribution in [2.75, 3.05) is 5.32 Å². The Kier molecular flexibility index (Phi) is 5.16. The van der Waals surface area contributed by atoms with Gasteiger partial charge in [0.1, 0.15) is 6.33 Å². The first-order valence-electron chi connectivity index (χ1n) is 7.78. The molecule has 7 nitrogen and oxygen atoms in total. The first kappa shape index (κ1) is 16.4. The molecule has 0 aliphatic rings. The standard InChI is InChI=1S/C18H17N5O2/c24-16(22-18-19-12-20-23-18)11-15(13-7-3-1-4-8-13)21-17(25)14-9-5-2-6-10-14/h1-10,12,15H,11H2,(H,21,25)(H2,19,20,22,23,24). The first-order valence-corrected chi connectivity index (χ1v) is 7.78. The Hall–Kier alpha value is -3.48. The second-order valence-corrected chi connectivity index (χ2v) is 5.39. The van der Waals surface area contributed by atoms with E-state index in [0.29, 0.717) is 5.56 Å². The molecule has 0 bridgehead atoms. The Balaban J connectivity index is 1.73. The van der Waals surface area contributed by atoms with Crippen molar-refractivity contribution in [3.63, 3.8) is 0 Å². The molecule has 7 heteroatoms. The number of anilines is 1. The molecule has 2 amide bonds. The van der Waals surface area contributed by atoms with Crippen LogP contribution in [0.4, 0.5) is 5.95 Å². The second kappa shape index (κ2) is 7.87. The molecule has 3 rings (SSSR count). The number of hydrogen-bond donors (Lipinski definition) is 3. The van der Waals surface area contributed by atoms with Crippen LogP contribution in [0.3, 0.4) is 0 Å². The normalized spacial score (nSPS) is 11.5. The number of aromatic nitrogens is 3. The van der Waals surface area contributed by atoms with Crippen LogP contribution in [-0.2, 0) is 4.79 Å². The molecule has 1 aromatic heterocycles. The molecule has 1 heterocycles. The van der Waals surface area contributed by atoms with Gasteiger partial charge in [0, 0.05) is 5.56 Å². The summed E-state index contributed by atoms with van der Waals surface area (Å²) in [5.74, 6) is -0.243. The third-order valence-electron chi connectivity index (χ3n) is 3.61. The molecule has 3 aromatic rings. The minimum absolute atomic E-state index is 0.0727. The van der Waals surface area contributed by atoms with Gasteiger partial charge in [0.05, 0.1) is 12.5 Å². The number of hydrogen-bond acceptors (Lipinski definition) is 4. The summed E-state index contributed by atoms with van der Waals surface area (Å²) >= 11 is 0. The molecule has 0 aliphatic heterocycles. The lowest BCUT2D eigenvalue weighted by Gasteiger charge is -2.19. The van der Waals surface area contributed by atoms with Gasteiger partial charge in [-0.05, 0) is 17.7 Å². The minimum atomic E-state index is -0.461. The molecule has 3 N–H and O–H groups in total. The number of carbonyl (C=O) groups excluding carboxylic acids is 2. The van der Waals surface area contributed by atoms with E-state index in [1.165, 1.54) is 6.33 Å². The highest BCUT2D eigenvalue weighted by atomic mass is 16.2. The lowest BCUT2D eigenvalue weighted by atomic mass is 10.0. The van der Waals surface area contributed by atoms with Crippen molar-refractivity contribution in [1.82, 2.24) is 20.5 Å². The van der Waals surface area contributed by atoms with Crippen LogP contribution in [-0.4, -0.2) is 27.0 Å². The van der Waals surface area contributed by atoms with E-state index < -0.39 is 6.04 Å². The highest BCUT2D eigenvalue weighted by Crippen LogP contribution is 2.18. The molecule has 126 valence electrons. The zero-order chi connectivity index (χ0) is 17.5. The van der Waals surface area contributed by atoms with Crippen LogP contribution >= 0.6 is 0 Å². The highest BCUT2D eigenvalue weighted by Gasteiger charge is 2.19. The third-order valence-corrected chi connectivity index (χ3v) is 3.61. The summed E-state index contributed by atoms with van der Waals surface area (Å²) in [5.41, 5.74) is 1.39. The Morgan fingerprint density at radius 3 is 2.32 bits per heavy atom. The predicted octanol–water partition coefficient (Wildman–Crippen LogP) is 2.30. The van der Waals surface area contributed by atoms with E-state index in [1.54, 1.807) is 24.3 Å². The topological polar surface area (TPSA) is 99.8 Å². The van der Waals surface area contributed by atoms with Crippen molar-refractivity contribution in [1.29, 1.82) is 0 Å². The van der Waals surface area contributed by atoms with Crippen LogP contribution < -0.4 is 10.6 Å². The summed E-state index contributed by atoms with van der Waals surface area (Å²) in [6.45, 7) is 0. The zero-order valence-corrected chi connectivity index (χ0v) is 13.3. The maximum Gasteiger partial charge on any atom is 0.251 e. The lowest BCUT2D eigenvalue weighted by molar-refractivity contribution is -0.116. The summed E-state index contributed by atoms with van der Waals surface area (Å²) in [7, 11) is 0. The second-order valence-electron chi connectivity index (χ2n) is 5.39. The van der Waals surface area contributed by atoms with E-state index in [0.717, 1.165) is 5.56 Å². The van der Waals surface area contributed by atoms with Crippen molar-refractivity contribution >= 4 is 17.8 Å². The van der Waals surface area contributed by atoms with Crippen LogP contribution in [0.15, 0.2) is 67.0 Å². The first-order chi connectivity index (χ1) is 12.2. The van der Waals surface area contributed by atoms with Gasteiger partial charge in [-0.15, -0.1) is 0 Å². The van der Waals surface area contributed by atoms with Crippen LogP contribution in [0.5, 0.6) is 0 Å². The van der Waals surface area contributed by atoms with E-state index in [2.05, 4.69) is 25.8 Å². The quantitative estimate of drug-likeness (QED) is 0.643. The molecule has 0 saturated heterocycles. The zero-order valence-electron chi connectivity index (χ0n) is 13.3. The SMILES string of the molecule is O=C(CC(NC(=O)c1ccccc1)c1ccccc1)Nc1ncn[nH]1. The van der Waals surface area contributed by atoms with Crippen LogP contribution in [0.25, 0.3) is 0 Å². The van der Waals surface area contributed by atoms with E-state index in [4.69, 9.17) is 0 Å². The molecular weight excluding hydrogens is 318 g/mol. The summed E-state index contributed by atoms with van der Waals surface area (Å²) in [4.78, 5) is 28.6. The number of carbonyl (C=O) groups is 2. The molecule has 0 spiro atoms. The fourth-order valence-corrected chi connectivity index (χ4v) is 2.40. The number of nitrogens with one attached hydrogen (secondary N) is 3. The summed E-state index contributed by atoms with van der Waals surface area (Å²) in [6.07, 6.45) is 1.38. The number of rotatable bonds is 6. The highest BCUT2D eigenvalue weighted by molar-refractivity contribution is 5.95. The van der Waals surface area contributed by atoms with Gasteiger partial charge in [0.25, 0.3) is 5.91 Å². The van der Waals surface area contributed by atoms with Gasteiger partial charge >= 0.3 is 0 Å². The smallest absolute Gasteiger partial charge is 0.251 e. The molecule has 25 heavy (non-hydrogen) atoms. The monoisotopic (exact) mass is 335 g/mol. The summed E-state index contributed by atoms with van der Waals surface area (Å²) in [5, 5.41) is 11.8. The fourth-order valence-electron chi connectivity index (χ4n) is 2.40. The molecule has 2 aromatic carbocycles. The van der Waals surface area contributed by atoms with Gasteiger partial charge in [-0.3, -0.25) is 14.9 Å². The van der Waals surface area contributed by atoms with E-state index in [9.17, 15) is 9.59 Å². The van der Waals surface area contributed by atoms with Crippen LogP contribution in [0.1, 0.15) is 28.4 Å². The summed E-state index contributed by atoms with van der Waals surface area (Å²) < 4.78 is 0. The molecule has 0 radical (unpaired) electrons. The number of aromatic amines is 1. The van der Waals surface area contributed by atoms with Gasteiger partial charge in [-0.25, -0.2) is 5.10 Å². The molecular formula is C18H17N5O2. The predicted molar refractivity (Wildman–Crippen MR) is 92.7 cm³/mol. The molecule has 0 saturated carbocycles. The van der Waals surface area contributed by atoms with Gasteiger partial charge in [0.15, 0.2) is 0 Å². The largest absolute Gasteiger partial charge is 0.345 e. The average Bonchev–Trinajstić information content (AvgIpc) is 3.15. The fraction of sp³-hybridized carbons (Fsp3) is 0.111. The Bertz CT molecular complexity index is 819. The van der Waals surface area contributed by atoms with Crippen molar-refractivity contribution < 1.29 is 9.59 Å². The lowest BCUT2D eigenvalue weighted by Crippen LogP contribution is -2.31. The van der Waals surface area contributed by atoms with Gasteiger partial charge in [-0.1, -0.05) is 48.5 Å². The molecule has 0 aliphatic carbocycles. The Labute approximate surface area is 144 Å². The van der Waals surface area contributed by atoms with Crippen molar-refractivity contribution in [2.24, 2.45) is 0 Å². The maximum atomic E-state index is 12.5. The Morgan fingerprint density at radius 2 is 1.68 bits per heavy atom. The van der Waals surface area contributed by atoms with Crippen LogP contribution in [0, 0.1) is 0 Å². The van der Waals surface area contributed by atoms with Crippen LogP contribution in [0.2, 0.25) is 0 Å². The third kappa shape index (κ3) is 4.51. The van der Waals surface area contributed by atoms with Gasteiger partial charge in [-0.2, -0.15) is 10.1 Å². The Morgan fingerprint density at radius 1 is 1.00 bits per heavy atom. The van der Waals surface area contributed by atoms with E-state index in [-0.39, 0.29) is 24.2 Å². The number of H-pyrrole nitrogens is 1. The molecule has 1 unspecified atom stereocenters. The van der Waals surface area contributed by atoms with Gasteiger partial charge < -0.3 is 5.32 Å². The maximum absolute atomic E-state index is 12.5. The number of benzene rings is 2. The van der Waals surface area contributed by atoms with E-state index >= 15 is 0 Å². The van der Waals surface area contributed by atoms with Gasteiger partial charge in [0.2, 0.25) is 11.9 Å². The van der Waals surface area contributed by atoms with Crippen molar-refractivity contribution in [3.05, 3.63) is 78.1 Å². The number of amides is 2. The summed E-state index contributed by atoms with van der Waals surface area (Å²) in [6, 6.07) is 17.8. The minimum Gasteiger partial charge on any atom is -0.345 e. The average molecular weight is 335 g/mol. The van der Waals surface area contributed by atoms with E-state index in [1.807, 2.05) is 36.4 Å². The molecule has 1 atom stereocenters. The number of nitrogens with zero attached hydrogens (tertiary/aromatic N) is 2. The molecule has 0 fully saturated rings. The van der Waals surface area contributed by atoms with Crippen molar-refractivity contribution in [2.45, 2.75) is 12.5 Å².